The minimum Gasteiger partial charge on any atom is -0.419 e. The van der Waals surface area contributed by atoms with E-state index in [-0.39, 0.29) is 44.2 Å². The lowest BCUT2D eigenvalue weighted by molar-refractivity contribution is -0.160. The van der Waals surface area contributed by atoms with Crippen molar-refractivity contribution < 1.29 is 41.5 Å². The van der Waals surface area contributed by atoms with Gasteiger partial charge in [-0.2, -0.15) is 4.39 Å². The fraction of sp³-hybridized carbons (Fsp3) is 0.440. The second-order valence-corrected chi connectivity index (χ2v) is 8.42. The van der Waals surface area contributed by atoms with Crippen LogP contribution < -0.4 is 10.1 Å². The number of esters is 1. The number of halogens is 4. The standard InChI is InChI=1S/C25H24F4N2O5/c1-2-3-8-15-18(26)20(28)21(29)22(19(15)27)36-24(35)25(11-7-12-25)23(34)30-13-5-4-6-14-31-16(32)9-10-17(31)33/h9-10H,2,4-7,11-14H2,1H3,(H,30,34). The Morgan fingerprint density at radius 3 is 2.25 bits per heavy atom. The predicted molar refractivity (Wildman–Crippen MR) is 118 cm³/mol. The van der Waals surface area contributed by atoms with Crippen LogP contribution in [-0.4, -0.2) is 41.7 Å². The van der Waals surface area contributed by atoms with Gasteiger partial charge in [0, 0.05) is 31.7 Å². The summed E-state index contributed by atoms with van der Waals surface area (Å²) < 4.78 is 61.6. The van der Waals surface area contributed by atoms with E-state index in [1.54, 1.807) is 6.92 Å². The monoisotopic (exact) mass is 508 g/mol. The van der Waals surface area contributed by atoms with Gasteiger partial charge in [-0.25, -0.2) is 13.2 Å². The average Bonchev–Trinajstić information content (AvgIpc) is 3.14. The van der Waals surface area contributed by atoms with Gasteiger partial charge < -0.3 is 10.1 Å². The number of rotatable bonds is 9. The van der Waals surface area contributed by atoms with E-state index in [1.165, 1.54) is 12.2 Å². The van der Waals surface area contributed by atoms with E-state index < -0.39 is 51.9 Å². The first-order valence-corrected chi connectivity index (χ1v) is 11.5. The third-order valence-corrected chi connectivity index (χ3v) is 6.09. The van der Waals surface area contributed by atoms with E-state index in [0.717, 1.165) is 4.90 Å². The minimum atomic E-state index is -2.04. The van der Waals surface area contributed by atoms with Crippen LogP contribution in [0.1, 0.15) is 57.4 Å². The third kappa shape index (κ3) is 5.27. The maximum Gasteiger partial charge on any atom is 0.327 e. The molecule has 1 heterocycles. The quantitative estimate of drug-likeness (QED) is 0.0636. The van der Waals surface area contributed by atoms with Gasteiger partial charge in [-0.15, -0.1) is 0 Å². The second kappa shape index (κ2) is 11.4. The van der Waals surface area contributed by atoms with E-state index >= 15 is 0 Å². The summed E-state index contributed by atoms with van der Waals surface area (Å²) in [6.45, 7) is 1.99. The summed E-state index contributed by atoms with van der Waals surface area (Å²) >= 11 is 0. The van der Waals surface area contributed by atoms with Crippen LogP contribution in [0.5, 0.6) is 5.75 Å². The summed E-state index contributed by atoms with van der Waals surface area (Å²) in [6, 6.07) is 0. The van der Waals surface area contributed by atoms with Crippen molar-refractivity contribution in [3.63, 3.8) is 0 Å². The van der Waals surface area contributed by atoms with Crippen LogP contribution in [-0.2, 0) is 19.2 Å². The Balaban J connectivity index is 1.59. The summed E-state index contributed by atoms with van der Waals surface area (Å²) in [7, 11) is 0. The van der Waals surface area contributed by atoms with E-state index in [1.807, 2.05) is 5.92 Å². The van der Waals surface area contributed by atoms with Crippen LogP contribution in [0.2, 0.25) is 0 Å². The summed E-state index contributed by atoms with van der Waals surface area (Å²) in [6.07, 6.45) is 4.72. The molecule has 1 aromatic rings. The SMILES string of the molecule is CCC#Cc1c(F)c(F)c(F)c(OC(=O)C2(C(=O)NCCCCCN3C(=O)C=CC3=O)CCC2)c1F. The maximum absolute atomic E-state index is 14.7. The number of unbranched alkanes of at least 4 members (excludes halogenated alkanes) is 2. The highest BCUT2D eigenvalue weighted by Crippen LogP contribution is 2.43. The summed E-state index contributed by atoms with van der Waals surface area (Å²) in [4.78, 5) is 49.6. The Morgan fingerprint density at radius 1 is 1.00 bits per heavy atom. The summed E-state index contributed by atoms with van der Waals surface area (Å²) in [5.41, 5.74) is -2.78. The molecule has 0 saturated heterocycles. The Hall–Kier alpha value is -3.68. The van der Waals surface area contributed by atoms with Gasteiger partial charge in [0.25, 0.3) is 11.8 Å². The zero-order valence-corrected chi connectivity index (χ0v) is 19.5. The van der Waals surface area contributed by atoms with Crippen molar-refractivity contribution in [1.82, 2.24) is 10.2 Å². The van der Waals surface area contributed by atoms with Gasteiger partial charge >= 0.3 is 5.97 Å². The van der Waals surface area contributed by atoms with Crippen molar-refractivity contribution in [1.29, 1.82) is 0 Å². The number of ether oxygens (including phenoxy) is 1. The van der Waals surface area contributed by atoms with Crippen molar-refractivity contribution >= 4 is 23.7 Å². The van der Waals surface area contributed by atoms with Gasteiger partial charge in [0.05, 0.1) is 0 Å². The number of carbonyl (C=O) groups excluding carboxylic acids is 4. The highest BCUT2D eigenvalue weighted by Gasteiger charge is 2.53. The predicted octanol–water partition coefficient (Wildman–Crippen LogP) is 3.29. The van der Waals surface area contributed by atoms with Gasteiger partial charge in [0.15, 0.2) is 17.5 Å². The number of imide groups is 1. The van der Waals surface area contributed by atoms with Crippen LogP contribution in [0.25, 0.3) is 0 Å². The lowest BCUT2D eigenvalue weighted by Crippen LogP contribution is -2.53. The van der Waals surface area contributed by atoms with Gasteiger partial charge in [0.2, 0.25) is 17.5 Å². The largest absolute Gasteiger partial charge is 0.419 e. The van der Waals surface area contributed by atoms with Crippen molar-refractivity contribution in [2.45, 2.75) is 51.9 Å². The summed E-state index contributed by atoms with van der Waals surface area (Å²) in [5, 5.41) is 2.58. The van der Waals surface area contributed by atoms with Gasteiger partial charge in [-0.05, 0) is 32.1 Å². The van der Waals surface area contributed by atoms with Crippen LogP contribution >= 0.6 is 0 Å². The molecule has 192 valence electrons. The number of nitrogens with one attached hydrogen (secondary N) is 1. The molecule has 7 nitrogen and oxygen atoms in total. The first-order valence-electron chi connectivity index (χ1n) is 11.5. The molecular weight excluding hydrogens is 484 g/mol. The van der Waals surface area contributed by atoms with Crippen molar-refractivity contribution in [3.05, 3.63) is 41.0 Å². The molecule has 0 unspecified atom stereocenters. The van der Waals surface area contributed by atoms with Crippen LogP contribution in [0.3, 0.4) is 0 Å². The van der Waals surface area contributed by atoms with Crippen molar-refractivity contribution in [2.75, 3.05) is 13.1 Å². The molecule has 1 saturated carbocycles. The summed E-state index contributed by atoms with van der Waals surface area (Å²) in [5.74, 6) is -7.37. The average molecular weight is 508 g/mol. The molecule has 1 fully saturated rings. The molecule has 36 heavy (non-hydrogen) atoms. The molecule has 0 spiro atoms. The van der Waals surface area contributed by atoms with Crippen LogP contribution in [0.15, 0.2) is 12.2 Å². The fourth-order valence-electron chi connectivity index (χ4n) is 3.83. The number of hydrogen-bond acceptors (Lipinski definition) is 5. The molecule has 1 aliphatic heterocycles. The highest BCUT2D eigenvalue weighted by atomic mass is 19.2. The number of hydrogen-bond donors (Lipinski definition) is 1. The molecule has 0 atom stereocenters. The fourth-order valence-corrected chi connectivity index (χ4v) is 3.83. The Morgan fingerprint density at radius 2 is 1.67 bits per heavy atom. The number of nitrogens with zero attached hydrogens (tertiary/aromatic N) is 1. The molecular formula is C25H24F4N2O5. The number of benzene rings is 1. The molecule has 11 heteroatoms. The Labute approximate surface area is 204 Å². The van der Waals surface area contributed by atoms with Crippen molar-refractivity contribution in [2.24, 2.45) is 5.41 Å². The second-order valence-electron chi connectivity index (χ2n) is 8.42. The van der Waals surface area contributed by atoms with E-state index in [4.69, 9.17) is 4.74 Å². The lowest BCUT2D eigenvalue weighted by atomic mass is 9.68. The smallest absolute Gasteiger partial charge is 0.327 e. The van der Waals surface area contributed by atoms with Gasteiger partial charge in [-0.1, -0.05) is 25.2 Å². The van der Waals surface area contributed by atoms with E-state index in [2.05, 4.69) is 11.2 Å². The highest BCUT2D eigenvalue weighted by molar-refractivity contribution is 6.12. The zero-order chi connectivity index (χ0) is 26.5. The molecule has 0 aromatic heterocycles. The lowest BCUT2D eigenvalue weighted by Gasteiger charge is -2.37. The molecule has 3 amide bonds. The number of amides is 3. The first-order chi connectivity index (χ1) is 17.1. The molecule has 0 bridgehead atoms. The van der Waals surface area contributed by atoms with Crippen LogP contribution in [0, 0.1) is 40.5 Å². The minimum absolute atomic E-state index is 0.0548. The van der Waals surface area contributed by atoms with E-state index in [0.29, 0.717) is 25.7 Å². The molecule has 1 N–H and O–H groups in total. The Kier molecular flexibility index (Phi) is 8.50. The van der Waals surface area contributed by atoms with Crippen LogP contribution in [0.4, 0.5) is 17.6 Å². The Bertz CT molecular complexity index is 1160. The zero-order valence-electron chi connectivity index (χ0n) is 19.5. The topological polar surface area (TPSA) is 92.8 Å². The molecule has 1 aromatic carbocycles. The van der Waals surface area contributed by atoms with Gasteiger partial charge in [-0.3, -0.25) is 24.1 Å². The number of carbonyl (C=O) groups is 4. The molecule has 1 aliphatic carbocycles. The normalized spacial score (nSPS) is 15.9. The molecule has 0 radical (unpaired) electrons. The van der Waals surface area contributed by atoms with E-state index in [9.17, 15) is 36.7 Å². The maximum atomic E-state index is 14.7. The van der Waals surface area contributed by atoms with Crippen molar-refractivity contribution in [3.8, 4) is 17.6 Å². The molecule has 3 rings (SSSR count). The third-order valence-electron chi connectivity index (χ3n) is 6.09. The first kappa shape index (κ1) is 26.9. The molecule has 2 aliphatic rings. The van der Waals surface area contributed by atoms with Gasteiger partial charge in [0.1, 0.15) is 11.0 Å².